The van der Waals surface area contributed by atoms with Crippen molar-refractivity contribution in [2.75, 3.05) is 11.9 Å². The number of hydrogen-bond acceptors (Lipinski definition) is 2. The molecule has 0 saturated heterocycles. The summed E-state index contributed by atoms with van der Waals surface area (Å²) < 4.78 is 5.42. The fourth-order valence-corrected chi connectivity index (χ4v) is 2.52. The lowest BCUT2D eigenvalue weighted by molar-refractivity contribution is 0.251. The van der Waals surface area contributed by atoms with E-state index in [4.69, 9.17) is 27.9 Å². The quantitative estimate of drug-likeness (QED) is 0.793. The van der Waals surface area contributed by atoms with Crippen molar-refractivity contribution in [3.63, 3.8) is 0 Å². The Balaban J connectivity index is 1.94. The molecule has 0 aliphatic heterocycles. The average Bonchev–Trinajstić information content (AvgIpc) is 2.49. The lowest BCUT2D eigenvalue weighted by Gasteiger charge is -2.12. The molecule has 4 nitrogen and oxygen atoms in total. The van der Waals surface area contributed by atoms with Gasteiger partial charge in [-0.2, -0.15) is 0 Å². The third-order valence-electron chi connectivity index (χ3n) is 3.21. The Bertz CT molecular complexity index is 705. The third kappa shape index (κ3) is 5.05. The van der Waals surface area contributed by atoms with E-state index in [0.717, 1.165) is 22.6 Å². The van der Waals surface area contributed by atoms with Gasteiger partial charge in [-0.15, -0.1) is 0 Å². The van der Waals surface area contributed by atoms with Gasteiger partial charge in [-0.3, -0.25) is 0 Å². The van der Waals surface area contributed by atoms with Gasteiger partial charge in [0.05, 0.1) is 6.61 Å². The standard InChI is InChI=1S/C17H18Cl2N2O2/c1-3-23-14-6-7-16(11(2)8-14)21-17(22)20-10-12-4-5-13(18)9-15(12)19/h4-9H,3,10H2,1-2H3,(H2,20,21,22). The zero-order valence-electron chi connectivity index (χ0n) is 13.0. The van der Waals surface area contributed by atoms with Crippen LogP contribution in [0.25, 0.3) is 0 Å². The van der Waals surface area contributed by atoms with E-state index < -0.39 is 0 Å². The molecule has 0 saturated carbocycles. The molecule has 122 valence electrons. The number of anilines is 1. The van der Waals surface area contributed by atoms with Crippen LogP contribution in [-0.2, 0) is 6.54 Å². The molecule has 0 aromatic heterocycles. The highest BCUT2D eigenvalue weighted by molar-refractivity contribution is 6.35. The Hall–Kier alpha value is -1.91. The van der Waals surface area contributed by atoms with E-state index in [1.165, 1.54) is 0 Å². The molecule has 0 fully saturated rings. The molecule has 0 bridgehead atoms. The maximum atomic E-state index is 12.0. The predicted octanol–water partition coefficient (Wildman–Crippen LogP) is 5.02. The number of nitrogens with one attached hydrogen (secondary N) is 2. The highest BCUT2D eigenvalue weighted by Crippen LogP contribution is 2.22. The summed E-state index contributed by atoms with van der Waals surface area (Å²) >= 11 is 11.9. The Kier molecular flexibility index (Phi) is 6.13. The van der Waals surface area contributed by atoms with Gasteiger partial charge in [0.15, 0.2) is 0 Å². The maximum Gasteiger partial charge on any atom is 0.319 e. The monoisotopic (exact) mass is 352 g/mol. The van der Waals surface area contributed by atoms with Crippen LogP contribution in [-0.4, -0.2) is 12.6 Å². The van der Waals surface area contributed by atoms with Crippen LogP contribution in [0.3, 0.4) is 0 Å². The largest absolute Gasteiger partial charge is 0.494 e. The van der Waals surface area contributed by atoms with Gasteiger partial charge < -0.3 is 15.4 Å². The first-order chi connectivity index (χ1) is 11.0. The normalized spacial score (nSPS) is 10.3. The molecule has 2 amide bonds. The molecule has 0 aliphatic rings. The number of carbonyl (C=O) groups excluding carboxylic acids is 1. The Morgan fingerprint density at radius 1 is 1.17 bits per heavy atom. The van der Waals surface area contributed by atoms with Crippen LogP contribution in [0.2, 0.25) is 10.0 Å². The molecule has 0 radical (unpaired) electrons. The first-order valence-corrected chi connectivity index (χ1v) is 7.97. The number of halogens is 2. The molecular weight excluding hydrogens is 335 g/mol. The average molecular weight is 353 g/mol. The summed E-state index contributed by atoms with van der Waals surface area (Å²) in [4.78, 5) is 12.0. The van der Waals surface area contributed by atoms with E-state index in [2.05, 4.69) is 10.6 Å². The summed E-state index contributed by atoms with van der Waals surface area (Å²) in [5, 5.41) is 6.66. The summed E-state index contributed by atoms with van der Waals surface area (Å²) in [6, 6.07) is 10.4. The number of benzene rings is 2. The van der Waals surface area contributed by atoms with E-state index in [1.807, 2.05) is 32.0 Å². The molecule has 0 spiro atoms. The molecule has 0 aliphatic carbocycles. The van der Waals surface area contributed by atoms with Crippen LogP contribution in [0.15, 0.2) is 36.4 Å². The highest BCUT2D eigenvalue weighted by atomic mass is 35.5. The molecule has 0 heterocycles. The van der Waals surface area contributed by atoms with Crippen molar-refractivity contribution in [3.8, 4) is 5.75 Å². The van der Waals surface area contributed by atoms with Gasteiger partial charge in [-0.1, -0.05) is 29.3 Å². The molecule has 23 heavy (non-hydrogen) atoms. The number of amides is 2. The number of aryl methyl sites for hydroxylation is 1. The second-order valence-corrected chi connectivity index (χ2v) is 5.80. The van der Waals surface area contributed by atoms with Crippen molar-refractivity contribution in [1.29, 1.82) is 0 Å². The number of carbonyl (C=O) groups is 1. The molecule has 0 unspecified atom stereocenters. The summed E-state index contributed by atoms with van der Waals surface area (Å²) in [6.07, 6.45) is 0. The summed E-state index contributed by atoms with van der Waals surface area (Å²) in [5.41, 5.74) is 2.46. The minimum atomic E-state index is -0.303. The highest BCUT2D eigenvalue weighted by Gasteiger charge is 2.07. The van der Waals surface area contributed by atoms with E-state index >= 15 is 0 Å². The fourth-order valence-electron chi connectivity index (χ4n) is 2.04. The molecule has 2 rings (SSSR count). The van der Waals surface area contributed by atoms with E-state index in [-0.39, 0.29) is 6.03 Å². The Labute approximate surface area is 145 Å². The number of rotatable bonds is 5. The van der Waals surface area contributed by atoms with E-state index in [1.54, 1.807) is 18.2 Å². The molecule has 2 N–H and O–H groups in total. The van der Waals surface area contributed by atoms with Gasteiger partial charge in [0.2, 0.25) is 0 Å². The second-order valence-electron chi connectivity index (χ2n) is 4.95. The zero-order chi connectivity index (χ0) is 16.8. The third-order valence-corrected chi connectivity index (χ3v) is 3.80. The van der Waals surface area contributed by atoms with Gasteiger partial charge in [0, 0.05) is 22.3 Å². The number of ether oxygens (including phenoxy) is 1. The lowest BCUT2D eigenvalue weighted by atomic mass is 10.2. The SMILES string of the molecule is CCOc1ccc(NC(=O)NCc2ccc(Cl)cc2Cl)c(C)c1. The van der Waals surface area contributed by atoms with Crippen LogP contribution >= 0.6 is 23.2 Å². The first-order valence-electron chi connectivity index (χ1n) is 7.22. The van der Waals surface area contributed by atoms with Crippen molar-refractivity contribution in [3.05, 3.63) is 57.6 Å². The van der Waals surface area contributed by atoms with Crippen molar-refractivity contribution >= 4 is 34.9 Å². The minimum absolute atomic E-state index is 0.303. The summed E-state index contributed by atoms with van der Waals surface area (Å²) in [5.74, 6) is 0.781. The van der Waals surface area contributed by atoms with Gasteiger partial charge in [0.25, 0.3) is 0 Å². The minimum Gasteiger partial charge on any atom is -0.494 e. The van der Waals surface area contributed by atoms with Crippen LogP contribution in [0, 0.1) is 6.92 Å². The molecule has 2 aromatic rings. The fraction of sp³-hybridized carbons (Fsp3) is 0.235. The molecule has 6 heteroatoms. The number of hydrogen-bond donors (Lipinski definition) is 2. The van der Waals surface area contributed by atoms with Gasteiger partial charge in [-0.05, 0) is 55.3 Å². The maximum absolute atomic E-state index is 12.0. The number of urea groups is 1. The first kappa shape index (κ1) is 17.4. The molecule has 2 aromatic carbocycles. The lowest BCUT2D eigenvalue weighted by Crippen LogP contribution is -2.28. The topological polar surface area (TPSA) is 50.4 Å². The smallest absolute Gasteiger partial charge is 0.319 e. The van der Waals surface area contributed by atoms with Crippen molar-refractivity contribution in [2.45, 2.75) is 20.4 Å². The van der Waals surface area contributed by atoms with Crippen LogP contribution < -0.4 is 15.4 Å². The predicted molar refractivity (Wildman–Crippen MR) is 94.7 cm³/mol. The van der Waals surface area contributed by atoms with Crippen LogP contribution in [0.5, 0.6) is 5.75 Å². The summed E-state index contributed by atoms with van der Waals surface area (Å²) in [7, 11) is 0. The van der Waals surface area contributed by atoms with Crippen molar-refractivity contribution < 1.29 is 9.53 Å². The Morgan fingerprint density at radius 2 is 1.96 bits per heavy atom. The van der Waals surface area contributed by atoms with Crippen LogP contribution in [0.1, 0.15) is 18.1 Å². The van der Waals surface area contributed by atoms with Crippen molar-refractivity contribution in [1.82, 2.24) is 5.32 Å². The molecule has 0 atom stereocenters. The van der Waals surface area contributed by atoms with Gasteiger partial charge in [-0.25, -0.2) is 4.79 Å². The Morgan fingerprint density at radius 3 is 2.61 bits per heavy atom. The van der Waals surface area contributed by atoms with Crippen molar-refractivity contribution in [2.24, 2.45) is 0 Å². The van der Waals surface area contributed by atoms with Gasteiger partial charge in [0.1, 0.15) is 5.75 Å². The zero-order valence-corrected chi connectivity index (χ0v) is 14.5. The second kappa shape index (κ2) is 8.09. The summed E-state index contributed by atoms with van der Waals surface area (Å²) in [6.45, 7) is 4.76. The van der Waals surface area contributed by atoms with Crippen LogP contribution in [0.4, 0.5) is 10.5 Å². The van der Waals surface area contributed by atoms with E-state index in [0.29, 0.717) is 23.2 Å². The van der Waals surface area contributed by atoms with Gasteiger partial charge >= 0.3 is 6.03 Å². The van der Waals surface area contributed by atoms with E-state index in [9.17, 15) is 4.79 Å². The molecular formula is C17H18Cl2N2O2.